The molecule has 1 rings (SSSR count). The van der Waals surface area contributed by atoms with Crippen molar-refractivity contribution in [3.63, 3.8) is 0 Å². The number of carboxylic acid groups (broad SMARTS) is 1. The maximum atomic E-state index is 10.3. The van der Waals surface area contributed by atoms with Gasteiger partial charge in [-0.2, -0.15) is 0 Å². The number of rotatable bonds is 7. The van der Waals surface area contributed by atoms with Crippen molar-refractivity contribution in [2.45, 2.75) is 32.1 Å². The summed E-state index contributed by atoms with van der Waals surface area (Å²) in [5.74, 6) is 0.133. The molecule has 0 radical (unpaired) electrons. The molecule has 1 aromatic carbocycles. The zero-order valence-corrected chi connectivity index (χ0v) is 11.5. The molecule has 0 aliphatic rings. The van der Waals surface area contributed by atoms with Gasteiger partial charge in [-0.05, 0) is 43.0 Å². The zero-order valence-electron chi connectivity index (χ0n) is 9.91. The van der Waals surface area contributed by atoms with Crippen molar-refractivity contribution < 1.29 is 14.6 Å². The number of carbonyl (C=O) groups is 1. The predicted molar refractivity (Wildman–Crippen MR) is 70.5 cm³/mol. The summed E-state index contributed by atoms with van der Waals surface area (Å²) in [5.41, 5.74) is 1.21. The summed E-state index contributed by atoms with van der Waals surface area (Å²) in [4.78, 5) is 10.3. The third-order valence-corrected chi connectivity index (χ3v) is 2.98. The van der Waals surface area contributed by atoms with Crippen LogP contribution in [0.1, 0.15) is 31.2 Å². The smallest absolute Gasteiger partial charge is 0.303 e. The molecule has 0 amide bonds. The van der Waals surface area contributed by atoms with Crippen molar-refractivity contribution in [3.05, 3.63) is 28.2 Å². The van der Waals surface area contributed by atoms with Gasteiger partial charge in [0, 0.05) is 10.9 Å². The molecule has 0 unspecified atom stereocenters. The Bertz CT molecular complexity index is 377. The van der Waals surface area contributed by atoms with Gasteiger partial charge in [-0.25, -0.2) is 0 Å². The molecule has 94 valence electrons. The lowest BCUT2D eigenvalue weighted by Crippen LogP contribution is -1.94. The highest BCUT2D eigenvalue weighted by atomic mass is 79.9. The van der Waals surface area contributed by atoms with Gasteiger partial charge in [0.05, 0.1) is 7.11 Å². The van der Waals surface area contributed by atoms with Gasteiger partial charge in [-0.15, -0.1) is 0 Å². The second kappa shape index (κ2) is 7.33. The molecule has 0 spiro atoms. The molecule has 0 atom stereocenters. The first-order valence-corrected chi connectivity index (χ1v) is 6.46. The van der Waals surface area contributed by atoms with Crippen LogP contribution in [0.4, 0.5) is 0 Å². The molecule has 0 heterocycles. The predicted octanol–water partition coefficient (Wildman–Crippen LogP) is 3.65. The number of methoxy groups -OCH3 is 1. The zero-order chi connectivity index (χ0) is 12.7. The first-order chi connectivity index (χ1) is 8.11. The fourth-order valence-electron chi connectivity index (χ4n) is 1.67. The number of carboxylic acids is 1. The van der Waals surface area contributed by atoms with E-state index in [1.807, 2.05) is 12.1 Å². The molecule has 1 N–H and O–H groups in total. The molecular weight excluding hydrogens is 284 g/mol. The third kappa shape index (κ3) is 5.73. The number of halogens is 1. The minimum Gasteiger partial charge on any atom is -0.497 e. The summed E-state index contributed by atoms with van der Waals surface area (Å²) in [6.07, 6.45) is 3.92. The number of aryl methyl sites for hydroxylation is 1. The van der Waals surface area contributed by atoms with E-state index in [0.717, 1.165) is 35.9 Å². The molecule has 0 bridgehead atoms. The molecule has 0 saturated heterocycles. The summed E-state index contributed by atoms with van der Waals surface area (Å²) in [6.45, 7) is 0. The Morgan fingerprint density at radius 1 is 1.29 bits per heavy atom. The normalized spacial score (nSPS) is 10.2. The topological polar surface area (TPSA) is 46.5 Å². The molecule has 0 aromatic heterocycles. The second-order valence-electron chi connectivity index (χ2n) is 3.95. The van der Waals surface area contributed by atoms with E-state index in [1.54, 1.807) is 7.11 Å². The van der Waals surface area contributed by atoms with Crippen LogP contribution in [-0.2, 0) is 11.2 Å². The lowest BCUT2D eigenvalue weighted by Gasteiger charge is -2.06. The van der Waals surface area contributed by atoms with E-state index in [9.17, 15) is 4.79 Å². The highest BCUT2D eigenvalue weighted by Gasteiger charge is 2.01. The Hall–Kier alpha value is -1.03. The maximum Gasteiger partial charge on any atom is 0.303 e. The first-order valence-electron chi connectivity index (χ1n) is 5.67. The maximum absolute atomic E-state index is 10.3. The molecule has 0 saturated carbocycles. The first kappa shape index (κ1) is 14.0. The van der Waals surface area contributed by atoms with Crippen molar-refractivity contribution >= 4 is 21.9 Å². The largest absolute Gasteiger partial charge is 0.497 e. The van der Waals surface area contributed by atoms with E-state index in [-0.39, 0.29) is 6.42 Å². The van der Waals surface area contributed by atoms with E-state index in [4.69, 9.17) is 9.84 Å². The average molecular weight is 301 g/mol. The molecule has 1 aromatic rings. The Kier molecular flexibility index (Phi) is 6.05. The minimum atomic E-state index is -0.714. The van der Waals surface area contributed by atoms with Gasteiger partial charge in [-0.1, -0.05) is 22.4 Å². The number of hydrogen-bond donors (Lipinski definition) is 1. The monoisotopic (exact) mass is 300 g/mol. The fraction of sp³-hybridized carbons (Fsp3) is 0.462. The van der Waals surface area contributed by atoms with E-state index >= 15 is 0 Å². The number of benzene rings is 1. The molecule has 0 aliphatic carbocycles. The minimum absolute atomic E-state index is 0.266. The Morgan fingerprint density at radius 3 is 2.71 bits per heavy atom. The van der Waals surface area contributed by atoms with Crippen molar-refractivity contribution in [2.24, 2.45) is 0 Å². The fourth-order valence-corrected chi connectivity index (χ4v) is 2.18. The average Bonchev–Trinajstić information content (AvgIpc) is 2.27. The van der Waals surface area contributed by atoms with Crippen LogP contribution < -0.4 is 4.74 Å². The van der Waals surface area contributed by atoms with Gasteiger partial charge in [0.2, 0.25) is 0 Å². The van der Waals surface area contributed by atoms with Crippen LogP contribution in [0.5, 0.6) is 5.75 Å². The standard InChI is InChI=1S/C13H17BrO3/c1-17-12-8-10(7-11(14)9-12)5-3-2-4-6-13(15)16/h7-9H,2-6H2,1H3,(H,15,16). The molecule has 0 aliphatic heterocycles. The summed E-state index contributed by atoms with van der Waals surface area (Å²) < 4.78 is 6.20. The van der Waals surface area contributed by atoms with Gasteiger partial charge >= 0.3 is 5.97 Å². The van der Waals surface area contributed by atoms with Crippen molar-refractivity contribution in [1.82, 2.24) is 0 Å². The number of unbranched alkanes of at least 4 members (excludes halogenated alkanes) is 2. The number of aliphatic carboxylic acids is 1. The van der Waals surface area contributed by atoms with Crippen LogP contribution in [0, 0.1) is 0 Å². The van der Waals surface area contributed by atoms with E-state index < -0.39 is 5.97 Å². The molecule has 17 heavy (non-hydrogen) atoms. The van der Waals surface area contributed by atoms with Gasteiger partial charge in [-0.3, -0.25) is 4.79 Å². The molecular formula is C13H17BrO3. The molecule has 0 fully saturated rings. The van der Waals surface area contributed by atoms with E-state index in [0.29, 0.717) is 0 Å². The van der Waals surface area contributed by atoms with Crippen molar-refractivity contribution in [2.75, 3.05) is 7.11 Å². The summed E-state index contributed by atoms with van der Waals surface area (Å²) in [6, 6.07) is 6.01. The van der Waals surface area contributed by atoms with Gasteiger partial charge in [0.1, 0.15) is 5.75 Å². The molecule has 4 heteroatoms. The lowest BCUT2D eigenvalue weighted by atomic mass is 10.1. The van der Waals surface area contributed by atoms with Gasteiger partial charge in [0.25, 0.3) is 0 Å². The van der Waals surface area contributed by atoms with Crippen LogP contribution in [0.15, 0.2) is 22.7 Å². The highest BCUT2D eigenvalue weighted by Crippen LogP contribution is 2.22. The van der Waals surface area contributed by atoms with E-state index in [2.05, 4.69) is 22.0 Å². The van der Waals surface area contributed by atoms with Crippen LogP contribution in [0.2, 0.25) is 0 Å². The number of ether oxygens (including phenoxy) is 1. The van der Waals surface area contributed by atoms with Crippen LogP contribution in [0.3, 0.4) is 0 Å². The Labute approximate surface area is 110 Å². The quantitative estimate of drug-likeness (QED) is 0.782. The highest BCUT2D eigenvalue weighted by molar-refractivity contribution is 9.10. The summed E-state index contributed by atoms with van der Waals surface area (Å²) >= 11 is 3.44. The van der Waals surface area contributed by atoms with Crippen LogP contribution >= 0.6 is 15.9 Å². The van der Waals surface area contributed by atoms with Crippen molar-refractivity contribution in [3.8, 4) is 5.75 Å². The van der Waals surface area contributed by atoms with E-state index in [1.165, 1.54) is 5.56 Å². The van der Waals surface area contributed by atoms with Crippen LogP contribution in [-0.4, -0.2) is 18.2 Å². The second-order valence-corrected chi connectivity index (χ2v) is 4.87. The summed E-state index contributed by atoms with van der Waals surface area (Å²) in [7, 11) is 1.65. The molecule has 3 nitrogen and oxygen atoms in total. The van der Waals surface area contributed by atoms with Gasteiger partial charge < -0.3 is 9.84 Å². The van der Waals surface area contributed by atoms with Gasteiger partial charge in [0.15, 0.2) is 0 Å². The number of hydrogen-bond acceptors (Lipinski definition) is 2. The van der Waals surface area contributed by atoms with Crippen molar-refractivity contribution in [1.29, 1.82) is 0 Å². The third-order valence-electron chi connectivity index (χ3n) is 2.52. The summed E-state index contributed by atoms with van der Waals surface area (Å²) in [5, 5.41) is 8.51. The SMILES string of the molecule is COc1cc(Br)cc(CCCCCC(=O)O)c1. The van der Waals surface area contributed by atoms with Crippen LogP contribution in [0.25, 0.3) is 0 Å². The lowest BCUT2D eigenvalue weighted by molar-refractivity contribution is -0.137. The Morgan fingerprint density at radius 2 is 2.06 bits per heavy atom. The Balaban J connectivity index is 2.36.